The van der Waals surface area contributed by atoms with Crippen LogP contribution in [0.1, 0.15) is 56.4 Å². The summed E-state index contributed by atoms with van der Waals surface area (Å²) in [4.78, 5) is 26.3. The molecule has 1 heterocycles. The number of hydrogen-bond donors (Lipinski definition) is 2. The highest BCUT2D eigenvalue weighted by molar-refractivity contribution is 7.98. The first-order chi connectivity index (χ1) is 16.5. The summed E-state index contributed by atoms with van der Waals surface area (Å²) in [6, 6.07) is 7.70. The fourth-order valence-corrected chi connectivity index (χ4v) is 5.27. The van der Waals surface area contributed by atoms with Crippen LogP contribution in [0.2, 0.25) is 5.02 Å². The van der Waals surface area contributed by atoms with Crippen molar-refractivity contribution in [3.63, 3.8) is 0 Å². The predicted molar refractivity (Wildman–Crippen MR) is 138 cm³/mol. The van der Waals surface area contributed by atoms with Crippen LogP contribution >= 0.6 is 23.4 Å². The van der Waals surface area contributed by atoms with Crippen molar-refractivity contribution in [1.29, 1.82) is 0 Å². The SMILES string of the molecule is COCCCNC(=O)CCn1ccc(NC(=O)C(CC2CCCC2)c2ccc(SC)c(Cl)c2)n1. The first kappa shape index (κ1) is 26.6. The maximum atomic E-state index is 13.3. The minimum Gasteiger partial charge on any atom is -0.385 e. The molecular formula is C25H35ClN4O3S. The third kappa shape index (κ3) is 8.03. The Balaban J connectivity index is 1.60. The molecule has 1 aliphatic rings. The van der Waals surface area contributed by atoms with E-state index in [1.165, 1.54) is 25.7 Å². The molecular weight excluding hydrogens is 472 g/mol. The van der Waals surface area contributed by atoms with Crippen molar-refractivity contribution in [2.45, 2.75) is 62.3 Å². The van der Waals surface area contributed by atoms with Crippen LogP contribution in [0.25, 0.3) is 0 Å². The molecule has 1 aromatic heterocycles. The number of amides is 2. The number of benzene rings is 1. The molecule has 9 heteroatoms. The lowest BCUT2D eigenvalue weighted by atomic mass is 9.87. The number of aromatic nitrogens is 2. The molecule has 0 saturated heterocycles. The molecule has 34 heavy (non-hydrogen) atoms. The van der Waals surface area contributed by atoms with Gasteiger partial charge in [0.2, 0.25) is 11.8 Å². The van der Waals surface area contributed by atoms with Crippen molar-refractivity contribution in [1.82, 2.24) is 15.1 Å². The maximum Gasteiger partial charge on any atom is 0.233 e. The summed E-state index contributed by atoms with van der Waals surface area (Å²) in [6.07, 6.45) is 10.5. The number of ether oxygens (including phenoxy) is 1. The number of aryl methyl sites for hydroxylation is 1. The smallest absolute Gasteiger partial charge is 0.233 e. The molecule has 1 unspecified atom stereocenters. The minimum absolute atomic E-state index is 0.0283. The Hall–Kier alpha value is -2.03. The second-order valence-electron chi connectivity index (χ2n) is 8.73. The number of nitrogens with one attached hydrogen (secondary N) is 2. The molecule has 0 radical (unpaired) electrons. The van der Waals surface area contributed by atoms with E-state index < -0.39 is 0 Å². The maximum absolute atomic E-state index is 13.3. The van der Waals surface area contributed by atoms with Crippen molar-refractivity contribution in [2.75, 3.05) is 31.8 Å². The van der Waals surface area contributed by atoms with Gasteiger partial charge in [0.05, 0.1) is 10.9 Å². The lowest BCUT2D eigenvalue weighted by molar-refractivity contribution is -0.121. The lowest BCUT2D eigenvalue weighted by Crippen LogP contribution is -2.26. The van der Waals surface area contributed by atoms with E-state index >= 15 is 0 Å². The first-order valence-corrected chi connectivity index (χ1v) is 13.5. The van der Waals surface area contributed by atoms with Crippen LogP contribution in [0.5, 0.6) is 0 Å². The average molecular weight is 507 g/mol. The molecule has 2 amide bonds. The molecule has 0 bridgehead atoms. The summed E-state index contributed by atoms with van der Waals surface area (Å²) in [6.45, 7) is 1.67. The highest BCUT2D eigenvalue weighted by Gasteiger charge is 2.27. The summed E-state index contributed by atoms with van der Waals surface area (Å²) in [5, 5.41) is 11.0. The predicted octanol–water partition coefficient (Wildman–Crippen LogP) is 5.10. The van der Waals surface area contributed by atoms with E-state index in [4.69, 9.17) is 16.3 Å². The summed E-state index contributed by atoms with van der Waals surface area (Å²) in [5.41, 5.74) is 0.941. The Labute approximate surface area is 211 Å². The number of carbonyl (C=O) groups excluding carboxylic acids is 2. The van der Waals surface area contributed by atoms with Gasteiger partial charge in [0, 0.05) is 50.4 Å². The quantitative estimate of drug-likeness (QED) is 0.291. The third-order valence-electron chi connectivity index (χ3n) is 6.25. The Morgan fingerprint density at radius 2 is 2.09 bits per heavy atom. The molecule has 2 N–H and O–H groups in total. The normalized spacial score (nSPS) is 14.8. The van der Waals surface area contributed by atoms with Crippen LogP contribution in [0, 0.1) is 5.92 Å². The molecule has 7 nitrogen and oxygen atoms in total. The number of thioether (sulfide) groups is 1. The van der Waals surface area contributed by atoms with Crippen LogP contribution in [0.3, 0.4) is 0 Å². The van der Waals surface area contributed by atoms with Crippen molar-refractivity contribution in [3.05, 3.63) is 41.0 Å². The number of halogens is 1. The largest absolute Gasteiger partial charge is 0.385 e. The molecule has 2 aromatic rings. The molecule has 1 aromatic carbocycles. The van der Waals surface area contributed by atoms with E-state index in [1.807, 2.05) is 24.5 Å². The van der Waals surface area contributed by atoms with Gasteiger partial charge in [-0.15, -0.1) is 11.8 Å². The Morgan fingerprint density at radius 1 is 1.29 bits per heavy atom. The Bertz CT molecular complexity index is 946. The number of rotatable bonds is 13. The highest BCUT2D eigenvalue weighted by atomic mass is 35.5. The van der Waals surface area contributed by atoms with Gasteiger partial charge in [0.1, 0.15) is 0 Å². The van der Waals surface area contributed by atoms with E-state index in [0.29, 0.717) is 42.9 Å². The van der Waals surface area contributed by atoms with E-state index in [-0.39, 0.29) is 17.7 Å². The summed E-state index contributed by atoms with van der Waals surface area (Å²) in [5.74, 6) is 0.670. The lowest BCUT2D eigenvalue weighted by Gasteiger charge is -2.21. The number of hydrogen-bond acceptors (Lipinski definition) is 5. The van der Waals surface area contributed by atoms with Crippen LogP contribution in [0.4, 0.5) is 5.82 Å². The second-order valence-corrected chi connectivity index (χ2v) is 9.99. The van der Waals surface area contributed by atoms with Gasteiger partial charge >= 0.3 is 0 Å². The van der Waals surface area contributed by atoms with Crippen molar-refractivity contribution in [3.8, 4) is 0 Å². The zero-order valence-electron chi connectivity index (χ0n) is 20.0. The first-order valence-electron chi connectivity index (χ1n) is 11.9. The van der Waals surface area contributed by atoms with Gasteiger partial charge in [-0.2, -0.15) is 5.10 Å². The van der Waals surface area contributed by atoms with Crippen LogP contribution in [-0.4, -0.2) is 48.1 Å². The van der Waals surface area contributed by atoms with E-state index in [1.54, 1.807) is 35.8 Å². The fourth-order valence-electron chi connectivity index (χ4n) is 4.39. The van der Waals surface area contributed by atoms with Gasteiger partial charge in [-0.3, -0.25) is 14.3 Å². The molecule has 1 saturated carbocycles. The number of carbonyl (C=O) groups is 2. The number of nitrogens with zero attached hydrogens (tertiary/aromatic N) is 2. The summed E-state index contributed by atoms with van der Waals surface area (Å²) in [7, 11) is 1.64. The molecule has 186 valence electrons. The van der Waals surface area contributed by atoms with Gasteiger partial charge in [0.25, 0.3) is 0 Å². The summed E-state index contributed by atoms with van der Waals surface area (Å²) >= 11 is 8.06. The van der Waals surface area contributed by atoms with Gasteiger partial charge in [-0.25, -0.2) is 0 Å². The van der Waals surface area contributed by atoms with Gasteiger partial charge in [0.15, 0.2) is 5.82 Å². The molecule has 1 aliphatic carbocycles. The zero-order valence-corrected chi connectivity index (χ0v) is 21.6. The third-order valence-corrected chi connectivity index (χ3v) is 7.47. The van der Waals surface area contributed by atoms with Crippen molar-refractivity contribution in [2.24, 2.45) is 5.92 Å². The molecule has 1 atom stereocenters. The molecule has 1 fully saturated rings. The minimum atomic E-state index is -0.278. The van der Waals surface area contributed by atoms with Crippen LogP contribution in [-0.2, 0) is 20.9 Å². The van der Waals surface area contributed by atoms with Gasteiger partial charge < -0.3 is 15.4 Å². The van der Waals surface area contributed by atoms with Crippen LogP contribution in [0.15, 0.2) is 35.4 Å². The van der Waals surface area contributed by atoms with E-state index in [0.717, 1.165) is 23.3 Å². The van der Waals surface area contributed by atoms with E-state index in [2.05, 4.69) is 15.7 Å². The molecule has 3 rings (SSSR count). The Morgan fingerprint density at radius 3 is 2.79 bits per heavy atom. The van der Waals surface area contributed by atoms with Crippen LogP contribution < -0.4 is 10.6 Å². The average Bonchev–Trinajstić information content (AvgIpc) is 3.51. The topological polar surface area (TPSA) is 85.2 Å². The van der Waals surface area contributed by atoms with Crippen molar-refractivity contribution >= 4 is 41.0 Å². The summed E-state index contributed by atoms with van der Waals surface area (Å²) < 4.78 is 6.66. The zero-order chi connectivity index (χ0) is 24.3. The van der Waals surface area contributed by atoms with Gasteiger partial charge in [-0.1, -0.05) is 43.4 Å². The number of methoxy groups -OCH3 is 1. The number of anilines is 1. The monoisotopic (exact) mass is 506 g/mol. The van der Waals surface area contributed by atoms with Crippen molar-refractivity contribution < 1.29 is 14.3 Å². The van der Waals surface area contributed by atoms with E-state index in [9.17, 15) is 9.59 Å². The Kier molecular flexibility index (Phi) is 10.8. The second kappa shape index (κ2) is 13.8. The standard InChI is InChI=1S/C25H35ClN4O3S/c1-33-15-5-12-27-24(31)11-14-30-13-10-23(29-30)28-25(32)20(16-18-6-3-4-7-18)19-8-9-22(34-2)21(26)17-19/h8-10,13,17-18,20H,3-7,11-12,14-16H2,1-2H3,(H,27,31)(H,28,29,32). The highest BCUT2D eigenvalue weighted by Crippen LogP contribution is 2.37. The fraction of sp³-hybridized carbons (Fsp3) is 0.560. The van der Waals surface area contributed by atoms with Gasteiger partial charge in [-0.05, 0) is 42.7 Å². The molecule has 0 aliphatic heterocycles. The molecule has 0 spiro atoms.